The average molecular weight is 293 g/mol. The highest BCUT2D eigenvalue weighted by Gasteiger charge is 2.30. The minimum absolute atomic E-state index is 0.112. The van der Waals surface area contributed by atoms with E-state index in [0.29, 0.717) is 6.04 Å². The van der Waals surface area contributed by atoms with Crippen molar-refractivity contribution in [3.63, 3.8) is 0 Å². The number of fused-ring (bicyclic) bond motifs is 1. The minimum atomic E-state index is 0.112. The van der Waals surface area contributed by atoms with Crippen molar-refractivity contribution in [2.45, 2.75) is 18.9 Å². The van der Waals surface area contributed by atoms with Crippen molar-refractivity contribution in [2.75, 3.05) is 7.05 Å². The van der Waals surface area contributed by atoms with Crippen molar-refractivity contribution in [1.29, 1.82) is 0 Å². The second kappa shape index (κ2) is 3.88. The summed E-state index contributed by atoms with van der Waals surface area (Å²) in [5, 5.41) is 0.991. The van der Waals surface area contributed by atoms with E-state index in [-0.39, 0.29) is 5.91 Å². The molecule has 0 spiro atoms. The lowest BCUT2D eigenvalue weighted by Crippen LogP contribution is -2.28. The number of nitrogens with one attached hydrogen (secondary N) is 1. The first-order chi connectivity index (χ1) is 8.16. The summed E-state index contributed by atoms with van der Waals surface area (Å²) in [6.45, 7) is 0. The van der Waals surface area contributed by atoms with Gasteiger partial charge in [0.15, 0.2) is 0 Å². The van der Waals surface area contributed by atoms with Crippen LogP contribution in [0.25, 0.3) is 10.9 Å². The Labute approximate surface area is 108 Å². The van der Waals surface area contributed by atoms with Gasteiger partial charge in [-0.25, -0.2) is 0 Å². The molecule has 88 valence electrons. The molecule has 0 bridgehead atoms. The second-order valence-corrected chi connectivity index (χ2v) is 5.46. The molecule has 1 aliphatic rings. The van der Waals surface area contributed by atoms with Crippen molar-refractivity contribution in [3.05, 3.63) is 34.4 Å². The monoisotopic (exact) mass is 292 g/mol. The summed E-state index contributed by atoms with van der Waals surface area (Å²) in [6.07, 6.45) is 4.07. The van der Waals surface area contributed by atoms with Gasteiger partial charge in [-0.2, -0.15) is 0 Å². The zero-order chi connectivity index (χ0) is 12.0. The number of carbonyl (C=O) groups is 1. The fourth-order valence-electron chi connectivity index (χ4n) is 2.09. The van der Waals surface area contributed by atoms with Gasteiger partial charge in [-0.1, -0.05) is 22.0 Å². The minimum Gasteiger partial charge on any atom is -0.360 e. The Bertz CT molecular complexity index is 586. The molecule has 17 heavy (non-hydrogen) atoms. The lowest BCUT2D eigenvalue weighted by Gasteiger charge is -2.15. The summed E-state index contributed by atoms with van der Waals surface area (Å²) >= 11 is 3.43. The quantitative estimate of drug-likeness (QED) is 0.907. The van der Waals surface area contributed by atoms with E-state index in [1.165, 1.54) is 0 Å². The Morgan fingerprint density at radius 2 is 2.24 bits per heavy atom. The van der Waals surface area contributed by atoms with Crippen LogP contribution in [-0.4, -0.2) is 28.9 Å². The molecule has 0 atom stereocenters. The van der Waals surface area contributed by atoms with Gasteiger partial charge in [-0.3, -0.25) is 4.79 Å². The van der Waals surface area contributed by atoms with Crippen LogP contribution >= 0.6 is 15.9 Å². The third-order valence-corrected chi connectivity index (χ3v) is 3.78. The number of hydrogen-bond donors (Lipinski definition) is 1. The maximum atomic E-state index is 12.3. The maximum Gasteiger partial charge on any atom is 0.256 e. The zero-order valence-corrected chi connectivity index (χ0v) is 11.1. The van der Waals surface area contributed by atoms with E-state index >= 15 is 0 Å². The Morgan fingerprint density at radius 1 is 1.47 bits per heavy atom. The van der Waals surface area contributed by atoms with Crippen LogP contribution in [0.1, 0.15) is 23.2 Å². The number of aromatic nitrogens is 1. The number of benzene rings is 1. The van der Waals surface area contributed by atoms with E-state index in [4.69, 9.17) is 0 Å². The third-order valence-electron chi connectivity index (χ3n) is 3.29. The van der Waals surface area contributed by atoms with E-state index in [1.807, 2.05) is 30.1 Å². The summed E-state index contributed by atoms with van der Waals surface area (Å²) < 4.78 is 1.02. The summed E-state index contributed by atoms with van der Waals surface area (Å²) in [5.41, 5.74) is 1.76. The first kappa shape index (κ1) is 10.8. The molecule has 3 rings (SSSR count). The molecule has 1 fully saturated rings. The van der Waals surface area contributed by atoms with Crippen molar-refractivity contribution >= 4 is 32.7 Å². The number of carbonyl (C=O) groups excluding carboxylic acids is 1. The molecule has 0 aliphatic heterocycles. The molecule has 1 N–H and O–H groups in total. The fraction of sp³-hybridized carbons (Fsp3) is 0.308. The van der Waals surface area contributed by atoms with Gasteiger partial charge in [0.25, 0.3) is 5.91 Å². The number of hydrogen-bond acceptors (Lipinski definition) is 1. The molecule has 4 heteroatoms. The molecule has 0 saturated heterocycles. The molecular formula is C13H13BrN2O. The lowest BCUT2D eigenvalue weighted by atomic mass is 10.1. The van der Waals surface area contributed by atoms with Crippen molar-refractivity contribution in [1.82, 2.24) is 9.88 Å². The molecule has 1 saturated carbocycles. The first-order valence-electron chi connectivity index (χ1n) is 5.70. The summed E-state index contributed by atoms with van der Waals surface area (Å²) in [5.74, 6) is 0.112. The zero-order valence-electron chi connectivity index (χ0n) is 9.53. The number of amides is 1. The van der Waals surface area contributed by atoms with Gasteiger partial charge in [-0.05, 0) is 25.0 Å². The van der Waals surface area contributed by atoms with Crippen LogP contribution in [0.15, 0.2) is 28.9 Å². The van der Waals surface area contributed by atoms with E-state index in [0.717, 1.165) is 33.8 Å². The first-order valence-corrected chi connectivity index (χ1v) is 6.50. The molecule has 0 radical (unpaired) electrons. The number of halogens is 1. The normalized spacial score (nSPS) is 15.2. The van der Waals surface area contributed by atoms with Gasteiger partial charge in [0.05, 0.1) is 5.56 Å². The Morgan fingerprint density at radius 3 is 2.94 bits per heavy atom. The maximum absolute atomic E-state index is 12.3. The summed E-state index contributed by atoms with van der Waals surface area (Å²) in [4.78, 5) is 17.3. The number of H-pyrrole nitrogens is 1. The van der Waals surface area contributed by atoms with Gasteiger partial charge in [0, 0.05) is 34.7 Å². The van der Waals surface area contributed by atoms with Gasteiger partial charge < -0.3 is 9.88 Å². The van der Waals surface area contributed by atoms with E-state index in [1.54, 1.807) is 6.20 Å². The standard InChI is InChI=1S/C13H13BrN2O/c1-16(9-3-4-9)13(17)11-7-15-12-6-8(14)2-5-10(11)12/h2,5-7,9,15H,3-4H2,1H3. The smallest absolute Gasteiger partial charge is 0.256 e. The Hall–Kier alpha value is -1.29. The highest BCUT2D eigenvalue weighted by atomic mass is 79.9. The predicted molar refractivity (Wildman–Crippen MR) is 71.1 cm³/mol. The molecule has 1 aliphatic carbocycles. The van der Waals surface area contributed by atoms with Gasteiger partial charge >= 0.3 is 0 Å². The van der Waals surface area contributed by atoms with Gasteiger partial charge in [0.2, 0.25) is 0 Å². The van der Waals surface area contributed by atoms with E-state index < -0.39 is 0 Å². The molecule has 1 aromatic heterocycles. The van der Waals surface area contributed by atoms with Crippen LogP contribution in [0.2, 0.25) is 0 Å². The van der Waals surface area contributed by atoms with Crippen LogP contribution in [0, 0.1) is 0 Å². The third kappa shape index (κ3) is 1.86. The Kier molecular flexibility index (Phi) is 2.47. The Balaban J connectivity index is 2.02. The van der Waals surface area contributed by atoms with Crippen molar-refractivity contribution < 1.29 is 4.79 Å². The predicted octanol–water partition coefficient (Wildman–Crippen LogP) is 3.16. The lowest BCUT2D eigenvalue weighted by molar-refractivity contribution is 0.0787. The topological polar surface area (TPSA) is 36.1 Å². The van der Waals surface area contributed by atoms with Crippen molar-refractivity contribution in [3.8, 4) is 0 Å². The summed E-state index contributed by atoms with van der Waals surface area (Å²) in [7, 11) is 1.89. The van der Waals surface area contributed by atoms with Crippen LogP contribution in [0.5, 0.6) is 0 Å². The highest BCUT2D eigenvalue weighted by Crippen LogP contribution is 2.29. The van der Waals surface area contributed by atoms with E-state index in [9.17, 15) is 4.79 Å². The average Bonchev–Trinajstić information content (AvgIpc) is 3.08. The second-order valence-electron chi connectivity index (χ2n) is 4.54. The van der Waals surface area contributed by atoms with Crippen LogP contribution in [-0.2, 0) is 0 Å². The van der Waals surface area contributed by atoms with Crippen LogP contribution in [0.3, 0.4) is 0 Å². The molecule has 1 heterocycles. The molecule has 3 nitrogen and oxygen atoms in total. The number of nitrogens with zero attached hydrogens (tertiary/aromatic N) is 1. The van der Waals surface area contributed by atoms with Gasteiger partial charge in [-0.15, -0.1) is 0 Å². The van der Waals surface area contributed by atoms with E-state index in [2.05, 4.69) is 20.9 Å². The molecular weight excluding hydrogens is 280 g/mol. The van der Waals surface area contributed by atoms with Gasteiger partial charge in [0.1, 0.15) is 0 Å². The van der Waals surface area contributed by atoms with Crippen molar-refractivity contribution in [2.24, 2.45) is 0 Å². The molecule has 1 amide bonds. The van der Waals surface area contributed by atoms with Crippen LogP contribution in [0.4, 0.5) is 0 Å². The molecule has 0 unspecified atom stereocenters. The van der Waals surface area contributed by atoms with Crippen LogP contribution < -0.4 is 0 Å². The number of rotatable bonds is 2. The fourth-order valence-corrected chi connectivity index (χ4v) is 2.45. The SMILES string of the molecule is CN(C(=O)c1c[nH]c2cc(Br)ccc12)C1CC1. The largest absolute Gasteiger partial charge is 0.360 e. The highest BCUT2D eigenvalue weighted by molar-refractivity contribution is 9.10. The summed E-state index contributed by atoms with van der Waals surface area (Å²) in [6, 6.07) is 6.37. The molecule has 1 aromatic carbocycles. The number of aromatic amines is 1. The molecule has 2 aromatic rings.